The summed E-state index contributed by atoms with van der Waals surface area (Å²) in [5, 5.41) is 13.1. The molecule has 0 bridgehead atoms. The highest BCUT2D eigenvalue weighted by molar-refractivity contribution is 5.67. The molecule has 0 amide bonds. The van der Waals surface area contributed by atoms with E-state index in [2.05, 4.69) is 10.1 Å². The van der Waals surface area contributed by atoms with E-state index in [4.69, 9.17) is 5.11 Å². The monoisotopic (exact) mass is 234 g/mol. The van der Waals surface area contributed by atoms with Gasteiger partial charge in [-0.3, -0.25) is 9.36 Å². The number of rotatable bonds is 4. The molecule has 3 rings (SSSR count). The van der Waals surface area contributed by atoms with Gasteiger partial charge in [-0.25, -0.2) is 9.50 Å². The third-order valence-electron chi connectivity index (χ3n) is 3.11. The Morgan fingerprint density at radius 2 is 2.35 bits per heavy atom. The molecule has 6 nitrogen and oxygen atoms in total. The fourth-order valence-electron chi connectivity index (χ4n) is 2.04. The number of aromatic nitrogens is 4. The molecule has 1 aliphatic carbocycles. The lowest BCUT2D eigenvalue weighted by molar-refractivity contribution is -0.136. The average Bonchev–Trinajstić information content (AvgIpc) is 2.96. The topological polar surface area (TPSA) is 72.4 Å². The first-order valence-electron chi connectivity index (χ1n) is 5.78. The van der Waals surface area contributed by atoms with Gasteiger partial charge < -0.3 is 5.11 Å². The molecule has 2 heterocycles. The number of aryl methyl sites for hydroxylation is 2. The molecule has 1 fully saturated rings. The standard InChI is InChI=1S/C11H14N4O2/c1-14-10(7-2-3-7)13-15-6-8(12-11(14)15)4-5-9(16)17/h6-7H,2-5H2,1H3,(H,16,17). The van der Waals surface area contributed by atoms with E-state index in [1.54, 1.807) is 4.52 Å². The minimum Gasteiger partial charge on any atom is -0.481 e. The lowest BCUT2D eigenvalue weighted by atomic mass is 10.2. The van der Waals surface area contributed by atoms with Crippen LogP contribution in [0.25, 0.3) is 5.78 Å². The number of hydrogen-bond donors (Lipinski definition) is 1. The van der Waals surface area contributed by atoms with Crippen molar-refractivity contribution >= 4 is 11.7 Å². The van der Waals surface area contributed by atoms with Gasteiger partial charge in [0.25, 0.3) is 0 Å². The number of fused-ring (bicyclic) bond motifs is 1. The van der Waals surface area contributed by atoms with Gasteiger partial charge in [0, 0.05) is 19.4 Å². The summed E-state index contributed by atoms with van der Waals surface area (Å²) in [6.45, 7) is 0. The molecule has 1 saturated carbocycles. The van der Waals surface area contributed by atoms with Crippen LogP contribution in [-0.4, -0.2) is 30.2 Å². The first kappa shape index (κ1) is 10.3. The van der Waals surface area contributed by atoms with E-state index in [9.17, 15) is 4.79 Å². The van der Waals surface area contributed by atoms with Crippen LogP contribution in [0.2, 0.25) is 0 Å². The summed E-state index contributed by atoms with van der Waals surface area (Å²) in [5.74, 6) is 1.67. The molecule has 6 heteroatoms. The Morgan fingerprint density at radius 1 is 1.59 bits per heavy atom. The largest absolute Gasteiger partial charge is 0.481 e. The maximum atomic E-state index is 10.5. The van der Waals surface area contributed by atoms with Crippen molar-refractivity contribution in [3.8, 4) is 0 Å². The normalized spacial score (nSPS) is 15.6. The number of imidazole rings is 1. The second-order valence-electron chi connectivity index (χ2n) is 4.56. The van der Waals surface area contributed by atoms with E-state index in [0.29, 0.717) is 12.3 Å². The maximum absolute atomic E-state index is 10.5. The van der Waals surface area contributed by atoms with E-state index in [-0.39, 0.29) is 6.42 Å². The van der Waals surface area contributed by atoms with Crippen molar-refractivity contribution < 1.29 is 9.90 Å². The fourth-order valence-corrected chi connectivity index (χ4v) is 2.04. The maximum Gasteiger partial charge on any atom is 0.303 e. The second kappa shape index (κ2) is 3.58. The number of hydrogen-bond acceptors (Lipinski definition) is 3. The van der Waals surface area contributed by atoms with E-state index >= 15 is 0 Å². The SMILES string of the molecule is Cn1c(C2CC2)nn2cc(CCC(=O)O)nc12. The predicted octanol–water partition coefficient (Wildman–Crippen LogP) is 0.962. The van der Waals surface area contributed by atoms with Crippen LogP contribution < -0.4 is 0 Å². The van der Waals surface area contributed by atoms with Crippen LogP contribution in [0.5, 0.6) is 0 Å². The Morgan fingerprint density at radius 3 is 2.94 bits per heavy atom. The summed E-state index contributed by atoms with van der Waals surface area (Å²) in [7, 11) is 1.96. The zero-order valence-electron chi connectivity index (χ0n) is 9.63. The molecule has 1 N–H and O–H groups in total. The molecule has 0 aromatic carbocycles. The molecular formula is C11H14N4O2. The molecule has 2 aromatic rings. The van der Waals surface area contributed by atoms with E-state index in [0.717, 1.165) is 17.3 Å². The van der Waals surface area contributed by atoms with Crippen molar-refractivity contribution in [2.75, 3.05) is 0 Å². The van der Waals surface area contributed by atoms with Gasteiger partial charge >= 0.3 is 5.97 Å². The van der Waals surface area contributed by atoms with Crippen LogP contribution in [0.15, 0.2) is 6.20 Å². The molecule has 0 atom stereocenters. The molecular weight excluding hydrogens is 220 g/mol. The Balaban J connectivity index is 1.89. The van der Waals surface area contributed by atoms with Gasteiger partial charge in [0.2, 0.25) is 5.78 Å². The third-order valence-corrected chi connectivity index (χ3v) is 3.11. The highest BCUT2D eigenvalue weighted by Crippen LogP contribution is 2.39. The van der Waals surface area contributed by atoms with E-state index < -0.39 is 5.97 Å². The highest BCUT2D eigenvalue weighted by atomic mass is 16.4. The van der Waals surface area contributed by atoms with Crippen molar-refractivity contribution in [1.82, 2.24) is 19.2 Å². The predicted molar refractivity (Wildman–Crippen MR) is 59.9 cm³/mol. The summed E-state index contributed by atoms with van der Waals surface area (Å²) in [4.78, 5) is 14.9. The van der Waals surface area contributed by atoms with Crippen LogP contribution in [0.3, 0.4) is 0 Å². The van der Waals surface area contributed by atoms with E-state index in [1.165, 1.54) is 12.8 Å². The number of nitrogens with zero attached hydrogens (tertiary/aromatic N) is 4. The first-order valence-corrected chi connectivity index (χ1v) is 5.78. The smallest absolute Gasteiger partial charge is 0.303 e. The average molecular weight is 234 g/mol. The third kappa shape index (κ3) is 1.79. The molecule has 2 aromatic heterocycles. The summed E-state index contributed by atoms with van der Waals surface area (Å²) in [6.07, 6.45) is 4.81. The second-order valence-corrected chi connectivity index (χ2v) is 4.56. The number of carboxylic acid groups (broad SMARTS) is 1. The van der Waals surface area contributed by atoms with Gasteiger partial charge in [0.15, 0.2) is 0 Å². The van der Waals surface area contributed by atoms with Crippen LogP contribution in [0.4, 0.5) is 0 Å². The molecule has 1 aliphatic rings. The minimum atomic E-state index is -0.798. The van der Waals surface area contributed by atoms with Gasteiger partial charge in [-0.05, 0) is 12.8 Å². The van der Waals surface area contributed by atoms with Crippen molar-refractivity contribution in [2.45, 2.75) is 31.6 Å². The molecule has 0 aliphatic heterocycles. The minimum absolute atomic E-state index is 0.110. The van der Waals surface area contributed by atoms with Gasteiger partial charge in [-0.1, -0.05) is 0 Å². The van der Waals surface area contributed by atoms with Crippen molar-refractivity contribution in [3.05, 3.63) is 17.7 Å². The molecule has 0 radical (unpaired) electrons. The van der Waals surface area contributed by atoms with Crippen LogP contribution in [-0.2, 0) is 18.3 Å². The van der Waals surface area contributed by atoms with Crippen molar-refractivity contribution in [3.63, 3.8) is 0 Å². The van der Waals surface area contributed by atoms with E-state index in [1.807, 2.05) is 17.8 Å². The zero-order valence-corrected chi connectivity index (χ0v) is 9.63. The van der Waals surface area contributed by atoms with Crippen molar-refractivity contribution in [2.24, 2.45) is 7.05 Å². The molecule has 17 heavy (non-hydrogen) atoms. The molecule has 90 valence electrons. The van der Waals surface area contributed by atoms with Gasteiger partial charge in [0.1, 0.15) is 5.82 Å². The Hall–Kier alpha value is -1.85. The van der Waals surface area contributed by atoms with Gasteiger partial charge in [-0.2, -0.15) is 5.10 Å². The molecule has 0 unspecified atom stereocenters. The summed E-state index contributed by atoms with van der Waals surface area (Å²) in [6, 6.07) is 0. The molecule has 0 saturated heterocycles. The first-order chi connectivity index (χ1) is 8.15. The zero-order chi connectivity index (χ0) is 12.0. The number of carboxylic acids is 1. The number of aliphatic carboxylic acids is 1. The lowest BCUT2D eigenvalue weighted by Gasteiger charge is -1.96. The van der Waals surface area contributed by atoms with Crippen molar-refractivity contribution in [1.29, 1.82) is 0 Å². The van der Waals surface area contributed by atoms with Gasteiger partial charge in [0.05, 0.1) is 18.3 Å². The summed E-state index contributed by atoms with van der Waals surface area (Å²) >= 11 is 0. The summed E-state index contributed by atoms with van der Waals surface area (Å²) in [5.41, 5.74) is 0.785. The number of carbonyl (C=O) groups is 1. The Kier molecular flexibility index (Phi) is 2.17. The fraction of sp³-hybridized carbons (Fsp3) is 0.545. The Labute approximate surface area is 97.9 Å². The highest BCUT2D eigenvalue weighted by Gasteiger charge is 2.29. The van der Waals surface area contributed by atoms with Gasteiger partial charge in [-0.15, -0.1) is 0 Å². The van der Waals surface area contributed by atoms with Crippen LogP contribution in [0, 0.1) is 0 Å². The van der Waals surface area contributed by atoms with Crippen LogP contribution >= 0.6 is 0 Å². The van der Waals surface area contributed by atoms with Crippen LogP contribution in [0.1, 0.15) is 36.7 Å². The lowest BCUT2D eigenvalue weighted by Crippen LogP contribution is -1.99. The summed E-state index contributed by atoms with van der Waals surface area (Å²) < 4.78 is 3.76. The Bertz CT molecular complexity index is 580. The molecule has 0 spiro atoms. The quantitative estimate of drug-likeness (QED) is 0.855.